The lowest BCUT2D eigenvalue weighted by Gasteiger charge is -2.23. The van der Waals surface area contributed by atoms with Crippen LogP contribution in [0.5, 0.6) is 5.75 Å². The molecule has 1 atom stereocenters. The van der Waals surface area contributed by atoms with Crippen LogP contribution in [-0.2, 0) is 13.1 Å². The Morgan fingerprint density at radius 1 is 1.35 bits per heavy atom. The predicted molar refractivity (Wildman–Crippen MR) is 86.6 cm³/mol. The van der Waals surface area contributed by atoms with E-state index in [0.29, 0.717) is 18.7 Å². The molecule has 5 nitrogen and oxygen atoms in total. The van der Waals surface area contributed by atoms with Crippen molar-refractivity contribution < 1.29 is 9.13 Å². The highest BCUT2D eigenvalue weighted by Crippen LogP contribution is 2.39. The Balaban J connectivity index is 1.63. The van der Waals surface area contributed by atoms with Crippen molar-refractivity contribution in [3.63, 3.8) is 0 Å². The lowest BCUT2D eigenvalue weighted by atomic mass is 10.0. The number of rotatable bonds is 7. The van der Waals surface area contributed by atoms with Crippen LogP contribution in [0.15, 0.2) is 30.9 Å². The zero-order chi connectivity index (χ0) is 16.2. The Bertz CT molecular complexity index is 644. The second-order valence-corrected chi connectivity index (χ2v) is 5.87. The fourth-order valence-corrected chi connectivity index (χ4v) is 3.36. The number of aromatic nitrogens is 2. The minimum Gasteiger partial charge on any atom is -0.496 e. The minimum atomic E-state index is -0.183. The van der Waals surface area contributed by atoms with Crippen LogP contribution in [-0.4, -0.2) is 34.7 Å². The lowest BCUT2D eigenvalue weighted by Crippen LogP contribution is -2.29. The van der Waals surface area contributed by atoms with Crippen molar-refractivity contribution in [3.8, 4) is 5.75 Å². The minimum absolute atomic E-state index is 0.0617. The molecule has 1 aliphatic rings. The number of hydrogen-bond donors (Lipinski definition) is 1. The van der Waals surface area contributed by atoms with Gasteiger partial charge in [0.1, 0.15) is 11.6 Å². The van der Waals surface area contributed by atoms with E-state index < -0.39 is 0 Å². The van der Waals surface area contributed by atoms with Crippen molar-refractivity contribution in [2.75, 3.05) is 20.2 Å². The van der Waals surface area contributed by atoms with E-state index in [9.17, 15) is 4.39 Å². The van der Waals surface area contributed by atoms with Crippen molar-refractivity contribution in [3.05, 3.63) is 47.8 Å². The Kier molecular flexibility index (Phi) is 4.93. The molecule has 0 saturated carbocycles. The first-order valence-electron chi connectivity index (χ1n) is 7.99. The molecule has 1 aliphatic heterocycles. The summed E-state index contributed by atoms with van der Waals surface area (Å²) < 4.78 is 21.7. The molecule has 124 valence electrons. The molecule has 0 spiro atoms. The first-order chi connectivity index (χ1) is 11.2. The highest BCUT2D eigenvalue weighted by molar-refractivity contribution is 5.45. The summed E-state index contributed by atoms with van der Waals surface area (Å²) >= 11 is 0. The van der Waals surface area contributed by atoms with E-state index in [1.54, 1.807) is 19.4 Å². The average Bonchev–Trinajstić information content (AvgIpc) is 3.19. The van der Waals surface area contributed by atoms with Crippen LogP contribution >= 0.6 is 0 Å². The van der Waals surface area contributed by atoms with Crippen LogP contribution in [0, 0.1) is 5.82 Å². The second kappa shape index (κ2) is 7.10. The van der Waals surface area contributed by atoms with Gasteiger partial charge in [0.25, 0.3) is 0 Å². The number of nitrogens with two attached hydrogens (primary N) is 1. The van der Waals surface area contributed by atoms with Gasteiger partial charge in [0.2, 0.25) is 0 Å². The normalized spacial score (nSPS) is 17.4. The maximum Gasteiger partial charge on any atom is 0.128 e. The molecule has 2 N–H and O–H groups in total. The van der Waals surface area contributed by atoms with Crippen LogP contribution in [0.4, 0.5) is 4.39 Å². The van der Waals surface area contributed by atoms with Gasteiger partial charge in [0.05, 0.1) is 19.5 Å². The third-order valence-electron chi connectivity index (χ3n) is 4.51. The summed E-state index contributed by atoms with van der Waals surface area (Å²) in [5.41, 5.74) is 7.57. The van der Waals surface area contributed by atoms with Crippen LogP contribution < -0.4 is 10.5 Å². The summed E-state index contributed by atoms with van der Waals surface area (Å²) in [6.45, 7) is 2.96. The van der Waals surface area contributed by atoms with E-state index in [1.165, 1.54) is 6.07 Å². The molecule has 2 aromatic rings. The molecule has 0 radical (unpaired) electrons. The molecular weight excluding hydrogens is 295 g/mol. The summed E-state index contributed by atoms with van der Waals surface area (Å²) in [7, 11) is 1.62. The first kappa shape index (κ1) is 16.0. The molecule has 1 aromatic carbocycles. The molecular formula is C17H23FN4O. The van der Waals surface area contributed by atoms with Crippen molar-refractivity contribution in [1.29, 1.82) is 0 Å². The quantitative estimate of drug-likeness (QED) is 0.796. The highest BCUT2D eigenvalue weighted by atomic mass is 19.1. The van der Waals surface area contributed by atoms with Gasteiger partial charge in [0, 0.05) is 43.2 Å². The average molecular weight is 318 g/mol. The number of methoxy groups -OCH3 is 1. The third-order valence-corrected chi connectivity index (χ3v) is 4.51. The van der Waals surface area contributed by atoms with Crippen molar-refractivity contribution in [1.82, 2.24) is 14.5 Å². The zero-order valence-corrected chi connectivity index (χ0v) is 13.4. The highest BCUT2D eigenvalue weighted by Gasteiger charge is 2.33. The van der Waals surface area contributed by atoms with E-state index >= 15 is 0 Å². The molecule has 0 saturated heterocycles. The molecule has 0 aliphatic carbocycles. The van der Waals surface area contributed by atoms with Crippen molar-refractivity contribution in [2.24, 2.45) is 5.73 Å². The number of ether oxygens (including phenoxy) is 1. The number of fused-ring (bicyclic) bond motifs is 1. The van der Waals surface area contributed by atoms with Crippen LogP contribution in [0.2, 0.25) is 0 Å². The van der Waals surface area contributed by atoms with Gasteiger partial charge >= 0.3 is 0 Å². The number of nitrogens with zero attached hydrogens (tertiary/aromatic N) is 3. The summed E-state index contributed by atoms with van der Waals surface area (Å²) in [6, 6.07) is 3.11. The summed E-state index contributed by atoms with van der Waals surface area (Å²) in [6.07, 6.45) is 7.67. The lowest BCUT2D eigenvalue weighted by molar-refractivity contribution is 0.211. The number of halogens is 1. The van der Waals surface area contributed by atoms with E-state index in [1.807, 2.05) is 12.5 Å². The number of benzene rings is 1. The first-order valence-corrected chi connectivity index (χ1v) is 7.99. The fourth-order valence-electron chi connectivity index (χ4n) is 3.36. The fraction of sp³-hybridized carbons (Fsp3) is 0.471. The Hall–Kier alpha value is -1.92. The summed E-state index contributed by atoms with van der Waals surface area (Å²) in [4.78, 5) is 6.29. The Morgan fingerprint density at radius 2 is 2.17 bits per heavy atom. The number of hydrogen-bond acceptors (Lipinski definition) is 4. The standard InChI is InChI=1S/C17H23FN4O/c1-23-16-5-4-14(18)17-13(16)11-22(15(17)10-19)8-3-2-7-21-9-6-20-12-21/h4-6,9,12,15H,2-3,7-8,10-11,19H2,1H3. The largest absolute Gasteiger partial charge is 0.496 e. The summed E-state index contributed by atoms with van der Waals surface area (Å²) in [5, 5.41) is 0. The molecule has 0 bridgehead atoms. The van der Waals surface area contributed by atoms with Crippen LogP contribution in [0.25, 0.3) is 0 Å². The van der Waals surface area contributed by atoms with Gasteiger partial charge < -0.3 is 15.0 Å². The molecule has 1 unspecified atom stereocenters. The van der Waals surface area contributed by atoms with Crippen LogP contribution in [0.1, 0.15) is 30.0 Å². The van der Waals surface area contributed by atoms with Gasteiger partial charge in [-0.15, -0.1) is 0 Å². The monoisotopic (exact) mass is 318 g/mol. The van der Waals surface area contributed by atoms with Gasteiger partial charge in [-0.2, -0.15) is 0 Å². The van der Waals surface area contributed by atoms with Crippen molar-refractivity contribution >= 4 is 0 Å². The number of aryl methyl sites for hydroxylation is 1. The molecule has 3 rings (SSSR count). The van der Waals surface area contributed by atoms with Gasteiger partial charge in [-0.3, -0.25) is 4.90 Å². The van der Waals surface area contributed by atoms with Gasteiger partial charge in [-0.25, -0.2) is 9.37 Å². The molecule has 0 amide bonds. The van der Waals surface area contributed by atoms with E-state index in [-0.39, 0.29) is 11.9 Å². The molecule has 1 aromatic heterocycles. The van der Waals surface area contributed by atoms with Gasteiger partial charge in [-0.1, -0.05) is 0 Å². The molecule has 0 fully saturated rings. The van der Waals surface area contributed by atoms with Crippen molar-refractivity contribution in [2.45, 2.75) is 32.0 Å². The van der Waals surface area contributed by atoms with E-state index in [4.69, 9.17) is 10.5 Å². The molecule has 6 heteroatoms. The molecule has 2 heterocycles. The third kappa shape index (κ3) is 3.23. The number of unbranched alkanes of at least 4 members (excludes halogenated alkanes) is 1. The second-order valence-electron chi connectivity index (χ2n) is 5.87. The molecule has 23 heavy (non-hydrogen) atoms. The summed E-state index contributed by atoms with van der Waals surface area (Å²) in [5.74, 6) is 0.568. The maximum absolute atomic E-state index is 14.2. The zero-order valence-electron chi connectivity index (χ0n) is 13.4. The van der Waals surface area contributed by atoms with E-state index in [2.05, 4.69) is 14.5 Å². The smallest absolute Gasteiger partial charge is 0.128 e. The van der Waals surface area contributed by atoms with Crippen LogP contribution in [0.3, 0.4) is 0 Å². The Labute approximate surface area is 135 Å². The number of imidazole rings is 1. The maximum atomic E-state index is 14.2. The van der Waals surface area contributed by atoms with E-state index in [0.717, 1.165) is 37.2 Å². The predicted octanol–water partition coefficient (Wildman–Crippen LogP) is 2.33. The Morgan fingerprint density at radius 3 is 2.87 bits per heavy atom. The SMILES string of the molecule is COc1ccc(F)c2c1CN(CCCCn1ccnc1)C2CN. The van der Waals surface area contributed by atoms with Gasteiger partial charge in [-0.05, 0) is 31.5 Å². The van der Waals surface area contributed by atoms with Gasteiger partial charge in [0.15, 0.2) is 0 Å². The topological polar surface area (TPSA) is 56.3 Å².